The van der Waals surface area contributed by atoms with Crippen molar-refractivity contribution in [2.24, 2.45) is 5.73 Å². The highest BCUT2D eigenvalue weighted by Crippen LogP contribution is 2.11. The molecule has 3 nitrogen and oxygen atoms in total. The minimum absolute atomic E-state index is 0.558. The van der Waals surface area contributed by atoms with Gasteiger partial charge in [-0.3, -0.25) is 9.80 Å². The van der Waals surface area contributed by atoms with E-state index in [0.717, 1.165) is 19.6 Å². The first-order valence-electron chi connectivity index (χ1n) is 5.33. The van der Waals surface area contributed by atoms with Gasteiger partial charge in [0.05, 0.1) is 0 Å². The van der Waals surface area contributed by atoms with Crippen LogP contribution in [0.2, 0.25) is 0 Å². The molecular formula is C10H23N3. The number of piperazine rings is 1. The van der Waals surface area contributed by atoms with Crippen LogP contribution in [0.4, 0.5) is 0 Å². The molecule has 1 rings (SSSR count). The molecule has 0 amide bonds. The van der Waals surface area contributed by atoms with Crippen molar-refractivity contribution in [3.05, 3.63) is 0 Å². The number of nitrogens with zero attached hydrogens (tertiary/aromatic N) is 2. The predicted molar refractivity (Wildman–Crippen MR) is 56.8 cm³/mol. The van der Waals surface area contributed by atoms with E-state index in [2.05, 4.69) is 30.7 Å². The Morgan fingerprint density at radius 1 is 1.46 bits per heavy atom. The normalized spacial score (nSPS) is 29.1. The van der Waals surface area contributed by atoms with Crippen molar-refractivity contribution in [3.8, 4) is 0 Å². The molecule has 1 saturated heterocycles. The molecule has 1 fully saturated rings. The van der Waals surface area contributed by atoms with Crippen LogP contribution >= 0.6 is 0 Å². The molecule has 0 bridgehead atoms. The summed E-state index contributed by atoms with van der Waals surface area (Å²) in [6, 6.07) is 1.27. The largest absolute Gasteiger partial charge is 0.329 e. The molecule has 0 spiro atoms. The Balaban J connectivity index is 2.44. The van der Waals surface area contributed by atoms with Crippen molar-refractivity contribution in [1.82, 2.24) is 9.80 Å². The quantitative estimate of drug-likeness (QED) is 0.689. The number of rotatable bonds is 3. The Bertz CT molecular complexity index is 149. The van der Waals surface area contributed by atoms with E-state index in [0.29, 0.717) is 12.1 Å². The smallest absolute Gasteiger partial charge is 0.0343 e. The lowest BCUT2D eigenvalue weighted by Gasteiger charge is -2.41. The van der Waals surface area contributed by atoms with E-state index < -0.39 is 0 Å². The Labute approximate surface area is 81.9 Å². The molecular weight excluding hydrogens is 162 g/mol. The van der Waals surface area contributed by atoms with E-state index in [1.807, 2.05) is 0 Å². The summed E-state index contributed by atoms with van der Waals surface area (Å²) in [6.45, 7) is 8.83. The second kappa shape index (κ2) is 4.94. The highest BCUT2D eigenvalue weighted by molar-refractivity contribution is 4.82. The van der Waals surface area contributed by atoms with Crippen LogP contribution in [0.25, 0.3) is 0 Å². The zero-order valence-corrected chi connectivity index (χ0v) is 9.16. The summed E-state index contributed by atoms with van der Waals surface area (Å²) in [4.78, 5) is 4.93. The van der Waals surface area contributed by atoms with Gasteiger partial charge in [0, 0.05) is 38.3 Å². The first-order chi connectivity index (χ1) is 6.19. The van der Waals surface area contributed by atoms with E-state index in [9.17, 15) is 0 Å². The third-order valence-corrected chi connectivity index (χ3v) is 3.29. The Hall–Kier alpha value is -0.120. The first-order valence-corrected chi connectivity index (χ1v) is 5.33. The number of hydrogen-bond donors (Lipinski definition) is 1. The van der Waals surface area contributed by atoms with Gasteiger partial charge in [0.1, 0.15) is 0 Å². The maximum absolute atomic E-state index is 5.73. The van der Waals surface area contributed by atoms with Crippen molar-refractivity contribution in [3.63, 3.8) is 0 Å². The molecule has 2 atom stereocenters. The van der Waals surface area contributed by atoms with E-state index in [1.165, 1.54) is 13.0 Å². The molecule has 0 radical (unpaired) electrons. The van der Waals surface area contributed by atoms with Gasteiger partial charge in [-0.15, -0.1) is 0 Å². The van der Waals surface area contributed by atoms with E-state index in [4.69, 9.17) is 5.73 Å². The van der Waals surface area contributed by atoms with Gasteiger partial charge in [0.2, 0.25) is 0 Å². The second-order valence-corrected chi connectivity index (χ2v) is 4.12. The van der Waals surface area contributed by atoms with Crippen molar-refractivity contribution in [1.29, 1.82) is 0 Å². The molecule has 2 N–H and O–H groups in total. The Kier molecular flexibility index (Phi) is 4.16. The summed E-state index contributed by atoms with van der Waals surface area (Å²) in [6.07, 6.45) is 1.24. The zero-order chi connectivity index (χ0) is 9.84. The summed E-state index contributed by atoms with van der Waals surface area (Å²) in [5, 5.41) is 0. The fraction of sp³-hybridized carbons (Fsp3) is 1.00. The molecule has 2 unspecified atom stereocenters. The standard InChI is InChI=1S/C10H23N3/c1-4-9(2)13-6-5-12(3)10(7-11)8-13/h9-10H,4-8,11H2,1-3H3. The fourth-order valence-electron chi connectivity index (χ4n) is 1.88. The molecule has 0 aliphatic carbocycles. The van der Waals surface area contributed by atoms with Crippen LogP contribution in [0.1, 0.15) is 20.3 Å². The van der Waals surface area contributed by atoms with Gasteiger partial charge < -0.3 is 5.73 Å². The SMILES string of the molecule is CCC(C)N1CCN(C)C(CN)C1. The Morgan fingerprint density at radius 2 is 2.15 bits per heavy atom. The predicted octanol–water partition coefficient (Wildman–Crippen LogP) is 0.360. The van der Waals surface area contributed by atoms with Crippen LogP contribution in [-0.4, -0.2) is 55.1 Å². The molecule has 1 aliphatic rings. The molecule has 1 heterocycles. The topological polar surface area (TPSA) is 32.5 Å². The zero-order valence-electron chi connectivity index (χ0n) is 9.16. The molecule has 0 aromatic rings. The van der Waals surface area contributed by atoms with Crippen LogP contribution in [0, 0.1) is 0 Å². The molecule has 0 aromatic carbocycles. The molecule has 13 heavy (non-hydrogen) atoms. The molecule has 78 valence electrons. The van der Waals surface area contributed by atoms with Gasteiger partial charge in [0.25, 0.3) is 0 Å². The van der Waals surface area contributed by atoms with Gasteiger partial charge in [-0.1, -0.05) is 6.92 Å². The van der Waals surface area contributed by atoms with Crippen molar-refractivity contribution in [2.45, 2.75) is 32.4 Å². The Morgan fingerprint density at radius 3 is 2.69 bits per heavy atom. The third kappa shape index (κ3) is 2.66. The highest BCUT2D eigenvalue weighted by Gasteiger charge is 2.24. The van der Waals surface area contributed by atoms with Crippen LogP contribution in [0.3, 0.4) is 0 Å². The minimum Gasteiger partial charge on any atom is -0.329 e. The van der Waals surface area contributed by atoms with E-state index >= 15 is 0 Å². The summed E-state index contributed by atoms with van der Waals surface area (Å²) < 4.78 is 0. The van der Waals surface area contributed by atoms with Gasteiger partial charge in [-0.25, -0.2) is 0 Å². The highest BCUT2D eigenvalue weighted by atomic mass is 15.3. The maximum atomic E-state index is 5.73. The molecule has 0 saturated carbocycles. The lowest BCUT2D eigenvalue weighted by atomic mass is 10.1. The van der Waals surface area contributed by atoms with Crippen LogP contribution in [0.5, 0.6) is 0 Å². The molecule has 3 heteroatoms. The maximum Gasteiger partial charge on any atom is 0.0343 e. The van der Waals surface area contributed by atoms with Gasteiger partial charge in [0.15, 0.2) is 0 Å². The van der Waals surface area contributed by atoms with Gasteiger partial charge in [-0.2, -0.15) is 0 Å². The minimum atomic E-state index is 0.558. The molecule has 0 aromatic heterocycles. The van der Waals surface area contributed by atoms with E-state index in [-0.39, 0.29) is 0 Å². The lowest BCUT2D eigenvalue weighted by Crippen LogP contribution is -2.56. The second-order valence-electron chi connectivity index (χ2n) is 4.12. The summed E-state index contributed by atoms with van der Waals surface area (Å²) in [5.41, 5.74) is 5.73. The average Bonchev–Trinajstić information content (AvgIpc) is 2.17. The first kappa shape index (κ1) is 11.0. The van der Waals surface area contributed by atoms with Crippen molar-refractivity contribution < 1.29 is 0 Å². The van der Waals surface area contributed by atoms with Crippen LogP contribution in [-0.2, 0) is 0 Å². The van der Waals surface area contributed by atoms with E-state index in [1.54, 1.807) is 0 Å². The number of likely N-dealkylation sites (N-methyl/N-ethyl adjacent to an activating group) is 1. The average molecular weight is 185 g/mol. The summed E-state index contributed by atoms with van der Waals surface area (Å²) >= 11 is 0. The lowest BCUT2D eigenvalue weighted by molar-refractivity contribution is 0.0719. The fourth-order valence-corrected chi connectivity index (χ4v) is 1.88. The van der Waals surface area contributed by atoms with Gasteiger partial charge in [-0.05, 0) is 20.4 Å². The van der Waals surface area contributed by atoms with Crippen molar-refractivity contribution in [2.75, 3.05) is 33.2 Å². The summed E-state index contributed by atoms with van der Waals surface area (Å²) in [5.74, 6) is 0. The van der Waals surface area contributed by atoms with Crippen LogP contribution < -0.4 is 5.73 Å². The van der Waals surface area contributed by atoms with Crippen molar-refractivity contribution >= 4 is 0 Å². The number of nitrogens with two attached hydrogens (primary N) is 1. The van der Waals surface area contributed by atoms with Crippen LogP contribution in [0.15, 0.2) is 0 Å². The monoisotopic (exact) mass is 185 g/mol. The summed E-state index contributed by atoms with van der Waals surface area (Å²) in [7, 11) is 2.17. The molecule has 1 aliphatic heterocycles. The number of hydrogen-bond acceptors (Lipinski definition) is 3. The van der Waals surface area contributed by atoms with Gasteiger partial charge >= 0.3 is 0 Å². The third-order valence-electron chi connectivity index (χ3n) is 3.29.